The summed E-state index contributed by atoms with van der Waals surface area (Å²) in [6.07, 6.45) is 5.22. The van der Waals surface area contributed by atoms with Gasteiger partial charge in [0.2, 0.25) is 5.91 Å². The van der Waals surface area contributed by atoms with Crippen LogP contribution in [0.4, 0.5) is 0 Å². The highest BCUT2D eigenvalue weighted by Crippen LogP contribution is 2.74. The quantitative estimate of drug-likeness (QED) is 0.542. The molecule has 1 aromatic rings. The molecular weight excluding hydrogens is 358 g/mol. The standard InChI is InChI=1S/C21H31N3O4/c1-13-11-14(23-28-13)12-22-19(25)17-15-5-6-16(21(15)7-8-21)18(17)20(26)27-10-4-9-24(2)3/h11,15-18H,4-10,12H2,1-3H3,(H,22,25)/t15-,16+,17+,18+/m0/s1. The van der Waals surface area contributed by atoms with E-state index >= 15 is 0 Å². The molecule has 1 N–H and O–H groups in total. The Morgan fingerprint density at radius 3 is 2.61 bits per heavy atom. The van der Waals surface area contributed by atoms with Crippen molar-refractivity contribution in [1.82, 2.24) is 15.4 Å². The smallest absolute Gasteiger partial charge is 0.310 e. The molecule has 7 heteroatoms. The Morgan fingerprint density at radius 1 is 1.29 bits per heavy atom. The van der Waals surface area contributed by atoms with E-state index in [0.29, 0.717) is 30.7 Å². The van der Waals surface area contributed by atoms with Gasteiger partial charge in [0.1, 0.15) is 11.5 Å². The highest BCUT2D eigenvalue weighted by atomic mass is 16.5. The molecule has 4 rings (SSSR count). The number of ether oxygens (including phenoxy) is 1. The summed E-state index contributed by atoms with van der Waals surface area (Å²) in [6, 6.07) is 1.82. The number of aryl methyl sites for hydroxylation is 1. The zero-order valence-corrected chi connectivity index (χ0v) is 17.1. The molecule has 3 aliphatic carbocycles. The molecule has 0 radical (unpaired) electrons. The van der Waals surface area contributed by atoms with Crippen molar-refractivity contribution in [2.45, 2.75) is 45.6 Å². The van der Waals surface area contributed by atoms with Crippen molar-refractivity contribution in [3.8, 4) is 0 Å². The van der Waals surface area contributed by atoms with Crippen LogP contribution in [0, 0.1) is 36.0 Å². The highest BCUT2D eigenvalue weighted by Gasteiger charge is 2.71. The maximum Gasteiger partial charge on any atom is 0.310 e. The minimum absolute atomic E-state index is 0.0330. The Balaban J connectivity index is 1.41. The van der Waals surface area contributed by atoms with Crippen LogP contribution in [-0.2, 0) is 20.9 Å². The molecule has 0 aromatic carbocycles. The van der Waals surface area contributed by atoms with E-state index in [0.717, 1.165) is 44.4 Å². The van der Waals surface area contributed by atoms with Gasteiger partial charge in [0.15, 0.2) is 0 Å². The molecular formula is C21H31N3O4. The summed E-state index contributed by atoms with van der Waals surface area (Å²) in [4.78, 5) is 28.1. The third-order valence-electron chi connectivity index (χ3n) is 7.04. The molecule has 28 heavy (non-hydrogen) atoms. The van der Waals surface area contributed by atoms with Crippen molar-refractivity contribution >= 4 is 11.9 Å². The fourth-order valence-electron chi connectivity index (χ4n) is 5.77. The van der Waals surface area contributed by atoms with E-state index in [4.69, 9.17) is 9.26 Å². The Morgan fingerprint density at radius 2 is 2.00 bits per heavy atom. The van der Waals surface area contributed by atoms with E-state index in [1.54, 1.807) is 0 Å². The first-order chi connectivity index (χ1) is 13.4. The molecule has 3 saturated carbocycles. The predicted octanol–water partition coefficient (Wildman–Crippen LogP) is 2.15. The summed E-state index contributed by atoms with van der Waals surface area (Å²) in [7, 11) is 4.01. The van der Waals surface area contributed by atoms with E-state index in [1.165, 1.54) is 0 Å². The zero-order chi connectivity index (χ0) is 19.9. The van der Waals surface area contributed by atoms with Crippen molar-refractivity contribution in [3.05, 3.63) is 17.5 Å². The Kier molecular flexibility index (Phi) is 5.21. The van der Waals surface area contributed by atoms with Gasteiger partial charge < -0.3 is 19.5 Å². The Bertz CT molecular complexity index is 740. The average Bonchev–Trinajstić information content (AvgIpc) is 3.14. The second kappa shape index (κ2) is 7.50. The number of amides is 1. The monoisotopic (exact) mass is 389 g/mol. The minimum Gasteiger partial charge on any atom is -0.465 e. The van der Waals surface area contributed by atoms with E-state index in [-0.39, 0.29) is 29.1 Å². The van der Waals surface area contributed by atoms with Gasteiger partial charge in [-0.25, -0.2) is 0 Å². The topological polar surface area (TPSA) is 84.7 Å². The van der Waals surface area contributed by atoms with Crippen molar-refractivity contribution in [2.24, 2.45) is 29.1 Å². The molecule has 7 nitrogen and oxygen atoms in total. The molecule has 0 unspecified atom stereocenters. The minimum atomic E-state index is -0.292. The van der Waals surface area contributed by atoms with Gasteiger partial charge in [-0.2, -0.15) is 0 Å². The van der Waals surface area contributed by atoms with Crippen LogP contribution in [0.5, 0.6) is 0 Å². The molecule has 1 heterocycles. The summed E-state index contributed by atoms with van der Waals surface area (Å²) < 4.78 is 10.7. The molecule has 0 aliphatic heterocycles. The van der Waals surface area contributed by atoms with E-state index in [9.17, 15) is 9.59 Å². The number of nitrogens with one attached hydrogen (secondary N) is 1. The number of nitrogens with zero attached hydrogens (tertiary/aromatic N) is 2. The van der Waals surface area contributed by atoms with Crippen LogP contribution in [-0.4, -0.2) is 49.2 Å². The van der Waals surface area contributed by atoms with Crippen molar-refractivity contribution in [2.75, 3.05) is 27.2 Å². The lowest BCUT2D eigenvalue weighted by Crippen LogP contribution is -2.41. The fraction of sp³-hybridized carbons (Fsp3) is 0.762. The molecule has 0 saturated heterocycles. The van der Waals surface area contributed by atoms with Crippen LogP contribution in [0.15, 0.2) is 10.6 Å². The van der Waals surface area contributed by atoms with Crippen LogP contribution in [0.2, 0.25) is 0 Å². The maximum absolute atomic E-state index is 13.1. The number of aromatic nitrogens is 1. The van der Waals surface area contributed by atoms with Crippen LogP contribution in [0.25, 0.3) is 0 Å². The lowest BCUT2D eigenvalue weighted by Gasteiger charge is -2.28. The Hall–Kier alpha value is -1.89. The van der Waals surface area contributed by atoms with Gasteiger partial charge in [-0.15, -0.1) is 0 Å². The van der Waals surface area contributed by atoms with Crippen LogP contribution >= 0.6 is 0 Å². The third-order valence-corrected chi connectivity index (χ3v) is 7.04. The first-order valence-corrected chi connectivity index (χ1v) is 10.4. The highest BCUT2D eigenvalue weighted by molar-refractivity contribution is 5.87. The number of rotatable bonds is 8. The number of hydrogen-bond acceptors (Lipinski definition) is 6. The lowest BCUT2D eigenvalue weighted by molar-refractivity contribution is -0.155. The zero-order valence-electron chi connectivity index (χ0n) is 17.1. The van der Waals surface area contributed by atoms with Gasteiger partial charge in [-0.1, -0.05) is 5.16 Å². The summed E-state index contributed by atoms with van der Waals surface area (Å²) in [5, 5.41) is 6.93. The lowest BCUT2D eigenvalue weighted by atomic mass is 9.78. The van der Waals surface area contributed by atoms with Gasteiger partial charge >= 0.3 is 5.97 Å². The third kappa shape index (κ3) is 3.45. The van der Waals surface area contributed by atoms with Gasteiger partial charge in [0, 0.05) is 12.6 Å². The van der Waals surface area contributed by atoms with Crippen molar-refractivity contribution in [1.29, 1.82) is 0 Å². The van der Waals surface area contributed by atoms with Crippen molar-refractivity contribution < 1.29 is 18.8 Å². The maximum atomic E-state index is 13.1. The first-order valence-electron chi connectivity index (χ1n) is 10.4. The molecule has 1 amide bonds. The summed E-state index contributed by atoms with van der Waals surface area (Å²) >= 11 is 0. The predicted molar refractivity (Wildman–Crippen MR) is 102 cm³/mol. The van der Waals surface area contributed by atoms with Crippen LogP contribution in [0.1, 0.15) is 43.6 Å². The van der Waals surface area contributed by atoms with E-state index in [2.05, 4.69) is 15.4 Å². The second-order valence-corrected chi connectivity index (χ2v) is 9.05. The summed E-state index contributed by atoms with van der Waals surface area (Å²) in [5.41, 5.74) is 0.928. The molecule has 1 aromatic heterocycles. The largest absolute Gasteiger partial charge is 0.465 e. The van der Waals surface area contributed by atoms with Crippen LogP contribution < -0.4 is 5.32 Å². The first kappa shape index (κ1) is 19.4. The fourth-order valence-corrected chi connectivity index (χ4v) is 5.77. The van der Waals surface area contributed by atoms with Crippen LogP contribution in [0.3, 0.4) is 0 Å². The summed E-state index contributed by atoms with van der Waals surface area (Å²) in [6.45, 7) is 3.47. The Labute approximate surface area is 166 Å². The molecule has 3 fully saturated rings. The number of carbonyl (C=O) groups excluding carboxylic acids is 2. The summed E-state index contributed by atoms with van der Waals surface area (Å²) in [5.74, 6) is 0.583. The molecule has 3 aliphatic rings. The average molecular weight is 389 g/mol. The molecule has 4 atom stereocenters. The van der Waals surface area contributed by atoms with Gasteiger partial charge in [-0.3, -0.25) is 9.59 Å². The van der Waals surface area contributed by atoms with E-state index < -0.39 is 0 Å². The van der Waals surface area contributed by atoms with Crippen molar-refractivity contribution in [3.63, 3.8) is 0 Å². The molecule has 154 valence electrons. The number of hydrogen-bond donors (Lipinski definition) is 1. The normalized spacial score (nSPS) is 29.4. The van der Waals surface area contributed by atoms with Gasteiger partial charge in [0.05, 0.1) is 25.0 Å². The SMILES string of the molecule is Cc1cc(CNC(=O)[C@H]2[C@H](C(=O)OCCCN(C)C)[C@H]3CC[C@@H]2C32CC2)no1. The molecule has 1 spiro atoms. The van der Waals surface area contributed by atoms with Gasteiger partial charge in [0.25, 0.3) is 0 Å². The molecule has 2 bridgehead atoms. The second-order valence-electron chi connectivity index (χ2n) is 9.05. The number of carbonyl (C=O) groups is 2. The van der Waals surface area contributed by atoms with Gasteiger partial charge in [-0.05, 0) is 70.4 Å². The van der Waals surface area contributed by atoms with E-state index in [1.807, 2.05) is 27.1 Å². The number of esters is 1.